The van der Waals surface area contributed by atoms with Gasteiger partial charge < -0.3 is 10.2 Å². The summed E-state index contributed by atoms with van der Waals surface area (Å²) >= 11 is 3.67. The molecule has 20 heavy (non-hydrogen) atoms. The summed E-state index contributed by atoms with van der Waals surface area (Å²) in [6.45, 7) is 13.6. The predicted molar refractivity (Wildman–Crippen MR) is 91.5 cm³/mol. The second kappa shape index (κ2) is 6.07. The van der Waals surface area contributed by atoms with Gasteiger partial charge in [-0.25, -0.2) is 0 Å². The Morgan fingerprint density at radius 1 is 1.45 bits per heavy atom. The fourth-order valence-electron chi connectivity index (χ4n) is 3.01. The fourth-order valence-corrected chi connectivity index (χ4v) is 3.37. The van der Waals surface area contributed by atoms with E-state index in [1.165, 1.54) is 15.7 Å². The molecule has 2 atom stereocenters. The zero-order chi connectivity index (χ0) is 14.9. The number of halogens is 1. The third kappa shape index (κ3) is 3.04. The van der Waals surface area contributed by atoms with E-state index in [0.717, 1.165) is 19.5 Å². The van der Waals surface area contributed by atoms with Gasteiger partial charge in [-0.15, -0.1) is 0 Å². The van der Waals surface area contributed by atoms with Crippen LogP contribution in [0.1, 0.15) is 39.7 Å². The molecule has 1 aromatic rings. The third-order valence-electron chi connectivity index (χ3n) is 4.76. The van der Waals surface area contributed by atoms with E-state index in [-0.39, 0.29) is 5.54 Å². The van der Waals surface area contributed by atoms with E-state index >= 15 is 0 Å². The standard InChI is InChI=1S/C17H27BrN2/c1-6-17(5)11-20(16(10-19-17)12(2)3)15-9-7-8-14(18)13(15)4/h7-9,12,16,19H,6,10-11H2,1-5H3. The summed E-state index contributed by atoms with van der Waals surface area (Å²) < 4.78 is 1.20. The summed E-state index contributed by atoms with van der Waals surface area (Å²) in [4.78, 5) is 2.62. The highest BCUT2D eigenvalue weighted by Crippen LogP contribution is 2.33. The smallest absolute Gasteiger partial charge is 0.0438 e. The summed E-state index contributed by atoms with van der Waals surface area (Å²) in [5.41, 5.74) is 2.93. The van der Waals surface area contributed by atoms with Crippen molar-refractivity contribution < 1.29 is 0 Å². The molecule has 0 spiro atoms. The van der Waals surface area contributed by atoms with Crippen molar-refractivity contribution in [1.82, 2.24) is 5.32 Å². The number of anilines is 1. The van der Waals surface area contributed by atoms with E-state index < -0.39 is 0 Å². The van der Waals surface area contributed by atoms with Crippen molar-refractivity contribution in [2.45, 2.75) is 52.6 Å². The second-order valence-corrected chi connectivity index (χ2v) is 7.47. The number of nitrogens with zero attached hydrogens (tertiary/aromatic N) is 1. The van der Waals surface area contributed by atoms with Crippen LogP contribution >= 0.6 is 15.9 Å². The van der Waals surface area contributed by atoms with Crippen molar-refractivity contribution in [3.63, 3.8) is 0 Å². The maximum Gasteiger partial charge on any atom is 0.0438 e. The van der Waals surface area contributed by atoms with Crippen molar-refractivity contribution >= 4 is 21.6 Å². The van der Waals surface area contributed by atoms with Crippen molar-refractivity contribution in [2.24, 2.45) is 5.92 Å². The topological polar surface area (TPSA) is 15.3 Å². The molecule has 2 nitrogen and oxygen atoms in total. The minimum absolute atomic E-state index is 0.208. The molecule has 3 heteroatoms. The van der Waals surface area contributed by atoms with E-state index in [9.17, 15) is 0 Å². The monoisotopic (exact) mass is 338 g/mol. The molecular weight excluding hydrogens is 312 g/mol. The van der Waals surface area contributed by atoms with E-state index in [1.807, 2.05) is 0 Å². The lowest BCUT2D eigenvalue weighted by Gasteiger charge is -2.49. The minimum Gasteiger partial charge on any atom is -0.365 e. The lowest BCUT2D eigenvalue weighted by atomic mass is 9.89. The number of nitrogens with one attached hydrogen (secondary N) is 1. The number of hydrogen-bond acceptors (Lipinski definition) is 2. The lowest BCUT2D eigenvalue weighted by molar-refractivity contribution is 0.253. The summed E-state index contributed by atoms with van der Waals surface area (Å²) in [5, 5.41) is 3.76. The molecule has 1 fully saturated rings. The van der Waals surface area contributed by atoms with Crippen LogP contribution in [0.2, 0.25) is 0 Å². The molecule has 1 N–H and O–H groups in total. The molecule has 0 bridgehead atoms. The van der Waals surface area contributed by atoms with E-state index in [4.69, 9.17) is 0 Å². The average Bonchev–Trinajstić information content (AvgIpc) is 2.41. The summed E-state index contributed by atoms with van der Waals surface area (Å²) in [7, 11) is 0. The average molecular weight is 339 g/mol. The van der Waals surface area contributed by atoms with Gasteiger partial charge in [0.15, 0.2) is 0 Å². The van der Waals surface area contributed by atoms with Crippen LogP contribution in [0.3, 0.4) is 0 Å². The molecule has 1 aliphatic rings. The highest BCUT2D eigenvalue weighted by atomic mass is 79.9. The van der Waals surface area contributed by atoms with Gasteiger partial charge in [0.1, 0.15) is 0 Å². The molecular formula is C17H27BrN2. The predicted octanol–water partition coefficient (Wildman–Crippen LogP) is 4.36. The first kappa shape index (κ1) is 15.8. The number of rotatable bonds is 3. The molecule has 1 heterocycles. The van der Waals surface area contributed by atoms with Crippen molar-refractivity contribution in [3.8, 4) is 0 Å². The fraction of sp³-hybridized carbons (Fsp3) is 0.647. The molecule has 1 saturated heterocycles. The zero-order valence-corrected chi connectivity index (χ0v) is 14.9. The first-order chi connectivity index (χ1) is 9.38. The Morgan fingerprint density at radius 3 is 2.75 bits per heavy atom. The lowest BCUT2D eigenvalue weighted by Crippen LogP contribution is -2.64. The van der Waals surface area contributed by atoms with Crippen LogP contribution < -0.4 is 10.2 Å². The Kier molecular flexibility index (Phi) is 4.80. The molecule has 0 aromatic heterocycles. The van der Waals surface area contributed by atoms with Crippen molar-refractivity contribution in [3.05, 3.63) is 28.2 Å². The van der Waals surface area contributed by atoms with Crippen LogP contribution in [-0.4, -0.2) is 24.7 Å². The van der Waals surface area contributed by atoms with Crippen LogP contribution in [0, 0.1) is 12.8 Å². The number of hydrogen-bond donors (Lipinski definition) is 1. The van der Waals surface area contributed by atoms with E-state index in [0.29, 0.717) is 12.0 Å². The summed E-state index contributed by atoms with van der Waals surface area (Å²) in [6, 6.07) is 7.10. The SMILES string of the molecule is CCC1(C)CN(c2cccc(Br)c2C)C(C(C)C)CN1. The van der Waals surface area contributed by atoms with Gasteiger partial charge >= 0.3 is 0 Å². The van der Waals surface area contributed by atoms with Gasteiger partial charge in [-0.1, -0.05) is 42.8 Å². The van der Waals surface area contributed by atoms with Crippen LogP contribution in [-0.2, 0) is 0 Å². The first-order valence-electron chi connectivity index (χ1n) is 7.65. The molecule has 2 unspecified atom stereocenters. The van der Waals surface area contributed by atoms with Crippen LogP contribution in [0.4, 0.5) is 5.69 Å². The first-order valence-corrected chi connectivity index (χ1v) is 8.44. The molecule has 0 amide bonds. The van der Waals surface area contributed by atoms with Gasteiger partial charge in [-0.05, 0) is 43.9 Å². The van der Waals surface area contributed by atoms with Gasteiger partial charge in [-0.3, -0.25) is 0 Å². The Balaban J connectivity index is 2.39. The quantitative estimate of drug-likeness (QED) is 0.880. The normalized spacial score (nSPS) is 27.1. The Morgan fingerprint density at radius 2 is 2.15 bits per heavy atom. The van der Waals surface area contributed by atoms with Gasteiger partial charge in [-0.2, -0.15) is 0 Å². The van der Waals surface area contributed by atoms with Crippen molar-refractivity contribution in [2.75, 3.05) is 18.0 Å². The van der Waals surface area contributed by atoms with E-state index in [1.54, 1.807) is 0 Å². The summed E-state index contributed by atoms with van der Waals surface area (Å²) in [5.74, 6) is 0.641. The second-order valence-electron chi connectivity index (χ2n) is 6.62. The summed E-state index contributed by atoms with van der Waals surface area (Å²) in [6.07, 6.45) is 1.15. The van der Waals surface area contributed by atoms with Gasteiger partial charge in [0, 0.05) is 34.8 Å². The Bertz CT molecular complexity index is 472. The maximum absolute atomic E-state index is 3.76. The largest absolute Gasteiger partial charge is 0.365 e. The van der Waals surface area contributed by atoms with Gasteiger partial charge in [0.25, 0.3) is 0 Å². The molecule has 0 aliphatic carbocycles. The van der Waals surface area contributed by atoms with E-state index in [2.05, 4.69) is 79.0 Å². The Labute approximate surface area is 132 Å². The molecule has 1 aliphatic heterocycles. The molecule has 0 radical (unpaired) electrons. The molecule has 0 saturated carbocycles. The van der Waals surface area contributed by atoms with Crippen LogP contribution in [0.15, 0.2) is 22.7 Å². The molecule has 1 aromatic carbocycles. The van der Waals surface area contributed by atoms with Crippen molar-refractivity contribution in [1.29, 1.82) is 0 Å². The van der Waals surface area contributed by atoms with Gasteiger partial charge in [0.2, 0.25) is 0 Å². The number of piperazine rings is 1. The van der Waals surface area contributed by atoms with Gasteiger partial charge in [0.05, 0.1) is 0 Å². The highest BCUT2D eigenvalue weighted by Gasteiger charge is 2.36. The molecule has 2 rings (SSSR count). The number of benzene rings is 1. The van der Waals surface area contributed by atoms with Crippen LogP contribution in [0.5, 0.6) is 0 Å². The maximum atomic E-state index is 3.76. The zero-order valence-electron chi connectivity index (χ0n) is 13.3. The Hall–Kier alpha value is -0.540. The highest BCUT2D eigenvalue weighted by molar-refractivity contribution is 9.10. The van der Waals surface area contributed by atoms with Crippen LogP contribution in [0.25, 0.3) is 0 Å². The third-order valence-corrected chi connectivity index (χ3v) is 5.62. The minimum atomic E-state index is 0.208. The molecule has 112 valence electrons.